The molecule has 1 aromatic carbocycles. The second kappa shape index (κ2) is 19.7. The molecule has 3 rings (SSSR count). The molecule has 6 atom stereocenters. The third kappa shape index (κ3) is 11.5. The van der Waals surface area contributed by atoms with Gasteiger partial charge in [-0.2, -0.15) is 0 Å². The van der Waals surface area contributed by atoms with E-state index in [9.17, 15) is 23.9 Å². The lowest BCUT2D eigenvalue weighted by atomic mass is 9.76. The van der Waals surface area contributed by atoms with Gasteiger partial charge in [0, 0.05) is 24.4 Å². The summed E-state index contributed by atoms with van der Waals surface area (Å²) in [7, 11) is 2.80. The topological polar surface area (TPSA) is 102 Å². The number of aliphatic hydroxyl groups is 1. The quantitative estimate of drug-likeness (QED) is 0.0740. The number of unbranched alkanes of at least 4 members (excludes halogenated alkanes) is 7. The molecule has 2 aliphatic rings. The largest absolute Gasteiger partial charge is 0.469 e. The first kappa shape index (κ1) is 36.7. The fourth-order valence-electron chi connectivity index (χ4n) is 7.02. The number of ether oxygens (including phenoxy) is 3. The lowest BCUT2D eigenvalue weighted by Crippen LogP contribution is -2.53. The molecule has 1 N–H and O–H groups in total. The molecule has 0 amide bonds. The minimum Gasteiger partial charge on any atom is -0.469 e. The van der Waals surface area contributed by atoms with Gasteiger partial charge in [0.05, 0.1) is 32.8 Å². The summed E-state index contributed by atoms with van der Waals surface area (Å²) in [6, 6.07) is 6.27. The van der Waals surface area contributed by atoms with E-state index in [1.165, 1.54) is 26.4 Å². The Balaban J connectivity index is 1.52. The molecule has 0 saturated carbocycles. The van der Waals surface area contributed by atoms with Crippen LogP contribution in [0.5, 0.6) is 0 Å². The Morgan fingerprint density at radius 3 is 2.40 bits per heavy atom. The van der Waals surface area contributed by atoms with Gasteiger partial charge in [0.2, 0.25) is 0 Å². The maximum atomic E-state index is 13.6. The van der Waals surface area contributed by atoms with E-state index in [0.29, 0.717) is 25.7 Å². The highest BCUT2D eigenvalue weighted by Crippen LogP contribution is 2.47. The number of hydrogen-bond acceptors (Lipinski definition) is 8. The maximum absolute atomic E-state index is 13.6. The van der Waals surface area contributed by atoms with Crippen molar-refractivity contribution >= 4 is 17.9 Å². The van der Waals surface area contributed by atoms with Crippen molar-refractivity contribution in [2.45, 2.75) is 133 Å². The second-order valence-corrected chi connectivity index (χ2v) is 12.6. The van der Waals surface area contributed by atoms with E-state index in [1.807, 2.05) is 6.08 Å². The van der Waals surface area contributed by atoms with Crippen molar-refractivity contribution in [3.05, 3.63) is 47.8 Å². The lowest BCUT2D eigenvalue weighted by molar-refractivity contribution is -0.161. The molecule has 0 aromatic heterocycles. The highest BCUT2D eigenvalue weighted by Gasteiger charge is 2.51. The number of carbonyl (C=O) groups excluding carboxylic acids is 3. The third-order valence-corrected chi connectivity index (χ3v) is 9.48. The highest BCUT2D eigenvalue weighted by molar-refractivity contribution is 5.76. The van der Waals surface area contributed by atoms with Gasteiger partial charge < -0.3 is 19.3 Å². The van der Waals surface area contributed by atoms with Crippen LogP contribution in [0.1, 0.15) is 115 Å². The monoisotopic (exact) mass is 631 g/mol. The molecule has 2 bridgehead atoms. The van der Waals surface area contributed by atoms with Crippen LogP contribution < -0.4 is 0 Å². The molecule has 5 unspecified atom stereocenters. The fraction of sp³-hybridized carbons (Fsp3) is 0.694. The molecule has 45 heavy (non-hydrogen) atoms. The minimum atomic E-state index is -0.788. The van der Waals surface area contributed by atoms with Crippen LogP contribution in [0.4, 0.5) is 4.39 Å². The zero-order valence-corrected chi connectivity index (χ0v) is 27.5. The predicted octanol–water partition coefficient (Wildman–Crippen LogP) is 6.64. The first-order chi connectivity index (χ1) is 21.8. The van der Waals surface area contributed by atoms with E-state index < -0.39 is 18.1 Å². The summed E-state index contributed by atoms with van der Waals surface area (Å²) in [4.78, 5) is 39.6. The van der Waals surface area contributed by atoms with Crippen LogP contribution in [-0.4, -0.2) is 73.0 Å². The van der Waals surface area contributed by atoms with E-state index in [2.05, 4.69) is 22.6 Å². The van der Waals surface area contributed by atoms with Crippen LogP contribution in [-0.2, 0) is 28.6 Å². The molecule has 8 nitrogen and oxygen atoms in total. The number of aliphatic hydroxyl groups excluding tert-OH is 1. The van der Waals surface area contributed by atoms with Crippen molar-refractivity contribution in [2.24, 2.45) is 5.92 Å². The predicted molar refractivity (Wildman–Crippen MR) is 171 cm³/mol. The number of piperidine rings is 1. The molecular weight excluding hydrogens is 577 g/mol. The first-order valence-corrected chi connectivity index (χ1v) is 17.0. The van der Waals surface area contributed by atoms with Gasteiger partial charge in [-0.25, -0.2) is 4.39 Å². The number of hydrogen-bond donors (Lipinski definition) is 1. The van der Waals surface area contributed by atoms with Crippen molar-refractivity contribution in [2.75, 3.05) is 20.8 Å². The Labute approximate surface area is 268 Å². The fourth-order valence-corrected chi connectivity index (χ4v) is 7.02. The number of halogens is 1. The van der Waals surface area contributed by atoms with E-state index in [1.54, 1.807) is 12.1 Å². The number of rotatable bonds is 20. The summed E-state index contributed by atoms with van der Waals surface area (Å²) in [5, 5.41) is 11.0. The normalized spacial score (nSPS) is 22.7. The van der Waals surface area contributed by atoms with Crippen LogP contribution in [0.15, 0.2) is 36.4 Å². The summed E-state index contributed by atoms with van der Waals surface area (Å²) in [5.74, 6) is -1.73. The van der Waals surface area contributed by atoms with Crippen LogP contribution >= 0.6 is 0 Å². The molecule has 0 aliphatic carbocycles. The Morgan fingerprint density at radius 1 is 0.956 bits per heavy atom. The standard InChI is InChI=1S/C36H54FNO7/c1-4-5-12-16-32(31(39)15-13-10-8-6-7-9-11-14-17-33(40)43-2)45-34(41)25-38-28-22-23-30(38)35(36(42)44-3)29(24-28)26-18-20-27(37)21-19-26/h10,13,18-21,28-32,35,39H,4-9,11-12,14-17,22-25H2,1-3H3/b13-10-/t28?,29-,30?,31?,32?,35?/m1/s1. The number of allylic oxidation sites excluding steroid dienone is 1. The smallest absolute Gasteiger partial charge is 0.320 e. The number of carbonyl (C=O) groups is 3. The molecule has 9 heteroatoms. The number of methoxy groups -OCH3 is 2. The van der Waals surface area contributed by atoms with E-state index in [-0.39, 0.29) is 48.3 Å². The van der Waals surface area contributed by atoms with Crippen LogP contribution in [0.25, 0.3) is 0 Å². The average Bonchev–Trinajstić information content (AvgIpc) is 3.29. The summed E-state index contributed by atoms with van der Waals surface area (Å²) >= 11 is 0. The molecule has 1 aromatic rings. The number of nitrogens with zero attached hydrogens (tertiary/aromatic N) is 1. The summed E-state index contributed by atoms with van der Waals surface area (Å²) in [6.07, 6.45) is 15.4. The number of benzene rings is 1. The molecular formula is C36H54FNO7. The summed E-state index contributed by atoms with van der Waals surface area (Å²) < 4.78 is 29.4. The Bertz CT molecular complexity index is 1080. The number of esters is 3. The minimum absolute atomic E-state index is 0.0609. The van der Waals surface area contributed by atoms with Crippen molar-refractivity contribution in [3.8, 4) is 0 Å². The van der Waals surface area contributed by atoms with Gasteiger partial charge in [0.1, 0.15) is 11.9 Å². The van der Waals surface area contributed by atoms with Crippen molar-refractivity contribution in [3.63, 3.8) is 0 Å². The van der Waals surface area contributed by atoms with Crippen molar-refractivity contribution in [1.29, 1.82) is 0 Å². The van der Waals surface area contributed by atoms with Crippen LogP contribution in [0.3, 0.4) is 0 Å². The maximum Gasteiger partial charge on any atom is 0.320 e. The average molecular weight is 632 g/mol. The molecule has 252 valence electrons. The van der Waals surface area contributed by atoms with Crippen molar-refractivity contribution in [1.82, 2.24) is 4.90 Å². The Morgan fingerprint density at radius 2 is 1.69 bits per heavy atom. The van der Waals surface area contributed by atoms with Crippen LogP contribution in [0, 0.1) is 11.7 Å². The Kier molecular flexibility index (Phi) is 16.0. The van der Waals surface area contributed by atoms with Gasteiger partial charge in [-0.05, 0) is 75.5 Å². The van der Waals surface area contributed by atoms with E-state index in [4.69, 9.17) is 9.47 Å². The second-order valence-electron chi connectivity index (χ2n) is 12.6. The van der Waals surface area contributed by atoms with Gasteiger partial charge in [0.15, 0.2) is 0 Å². The van der Waals surface area contributed by atoms with E-state index in [0.717, 1.165) is 76.2 Å². The van der Waals surface area contributed by atoms with Gasteiger partial charge in [-0.15, -0.1) is 0 Å². The molecule has 2 saturated heterocycles. The SMILES string of the molecule is CCCCCC(OC(=O)CN1C2CCC1C(C(=O)OC)[C@@H](c1ccc(F)cc1)C2)C(O)C/C=C\CCCCCCCC(=O)OC. The highest BCUT2D eigenvalue weighted by atomic mass is 19.1. The zero-order chi connectivity index (χ0) is 32.6. The summed E-state index contributed by atoms with van der Waals surface area (Å²) in [6.45, 7) is 2.17. The zero-order valence-electron chi connectivity index (χ0n) is 27.5. The van der Waals surface area contributed by atoms with E-state index >= 15 is 0 Å². The molecule has 2 fully saturated rings. The van der Waals surface area contributed by atoms with Crippen LogP contribution in [0.2, 0.25) is 0 Å². The summed E-state index contributed by atoms with van der Waals surface area (Å²) in [5.41, 5.74) is 0.911. The van der Waals surface area contributed by atoms with Gasteiger partial charge in [-0.1, -0.05) is 63.3 Å². The lowest BCUT2D eigenvalue weighted by Gasteiger charge is -2.43. The molecule has 0 radical (unpaired) electrons. The first-order valence-electron chi connectivity index (χ1n) is 17.0. The van der Waals surface area contributed by atoms with Crippen molar-refractivity contribution < 1.29 is 38.1 Å². The van der Waals surface area contributed by atoms with Gasteiger partial charge >= 0.3 is 17.9 Å². The number of fused-ring (bicyclic) bond motifs is 2. The molecule has 0 spiro atoms. The molecule has 2 aliphatic heterocycles. The van der Waals surface area contributed by atoms with Gasteiger partial charge in [-0.3, -0.25) is 19.3 Å². The molecule has 2 heterocycles. The Hall–Kier alpha value is -2.78. The third-order valence-electron chi connectivity index (χ3n) is 9.48. The van der Waals surface area contributed by atoms with Gasteiger partial charge in [0.25, 0.3) is 0 Å².